The zero-order valence-electron chi connectivity index (χ0n) is 51.6. The van der Waals surface area contributed by atoms with Crippen LogP contribution in [0.4, 0.5) is 0 Å². The van der Waals surface area contributed by atoms with Crippen LogP contribution in [-0.4, -0.2) is 153 Å². The lowest BCUT2D eigenvalue weighted by Gasteiger charge is -2.29. The molecule has 8 saturated heterocycles. The SMILES string of the molecule is C.CCOP1OC(C)C(C)O1.CCOP1OC(C)CC(C)O1.CCOP1OCCCO1.CCOP1OCCO1.CCOP1O[C@@H](C)C[C@H](C)O1.CCOP1O[C@@H](C)[C@H](C)O1.CCOP1O[C@H](C)C[C@@H](C)O1.CCOP1O[C@H](C)[C@@H](C)O1. The molecule has 0 aromatic rings. The van der Waals surface area contributed by atoms with Crippen molar-refractivity contribution in [1.29, 1.82) is 0 Å². The van der Waals surface area contributed by atoms with Crippen LogP contribution in [0.5, 0.6) is 0 Å². The summed E-state index contributed by atoms with van der Waals surface area (Å²) in [6.07, 6.45) is 6.60. The first-order chi connectivity index (χ1) is 38.2. The highest BCUT2D eigenvalue weighted by Gasteiger charge is 2.34. The van der Waals surface area contributed by atoms with Gasteiger partial charge in [-0.1, -0.05) is 7.43 Å². The molecule has 0 aliphatic carbocycles. The molecule has 0 aromatic carbocycles. The Bertz CT molecular complexity index is 1230. The van der Waals surface area contributed by atoms with E-state index in [2.05, 4.69) is 0 Å². The monoisotopic (exact) mass is 1330 g/mol. The van der Waals surface area contributed by atoms with Crippen molar-refractivity contribution in [2.24, 2.45) is 0 Å². The Kier molecular flexibility index (Phi) is 53.7. The van der Waals surface area contributed by atoms with Gasteiger partial charge in [-0.2, -0.15) is 0 Å². The number of rotatable bonds is 16. The maximum Gasteiger partial charge on any atom is 0.333 e. The molecule has 81 heavy (non-hydrogen) atoms. The van der Waals surface area contributed by atoms with Crippen molar-refractivity contribution in [2.75, 3.05) is 79.3 Å². The second-order valence-electron chi connectivity index (χ2n) is 17.9. The van der Waals surface area contributed by atoms with Gasteiger partial charge < -0.3 is 109 Å². The fourth-order valence-electron chi connectivity index (χ4n) is 6.01. The van der Waals surface area contributed by atoms with Gasteiger partial charge in [-0.25, -0.2) is 0 Å². The van der Waals surface area contributed by atoms with E-state index >= 15 is 0 Å². The standard InChI is InChI=1S/3C7H15O3P.3C6H13O3P.C5H11O3P.C4H9O3P.CH4/c3*1-4-8-11-9-6(2)5-7(3)10-11;3*1-4-7-10-8-5(2)6(3)9-10;1-2-6-9-7-4-3-5-8-9;1-2-5-8-6-3-4-7-8;/h3*6-7H,4-5H2,1-3H3;3*5-6H,4H2,1-3H3;2-5H2,1H3;2-4H2,1H3;1H4/t2*6-,7-;;2*5-,6-;;;;/m10.10..../s1. The average molecular weight is 1330 g/mol. The Hall–Kier alpha value is 2.48. The molecular weight excluding hydrogens is 1220 g/mol. The van der Waals surface area contributed by atoms with E-state index in [9.17, 15) is 0 Å². The van der Waals surface area contributed by atoms with E-state index in [1.54, 1.807) is 0 Å². The lowest BCUT2D eigenvalue weighted by molar-refractivity contribution is 0.0332. The van der Waals surface area contributed by atoms with Crippen LogP contribution >= 0.6 is 68.8 Å². The van der Waals surface area contributed by atoms with Crippen molar-refractivity contribution in [3.8, 4) is 0 Å². The summed E-state index contributed by atoms with van der Waals surface area (Å²) in [6, 6.07) is 0. The maximum absolute atomic E-state index is 5.42. The zero-order valence-corrected chi connectivity index (χ0v) is 58.8. The Morgan fingerprint density at radius 1 is 0.247 bits per heavy atom. The van der Waals surface area contributed by atoms with E-state index in [0.29, 0.717) is 66.1 Å². The molecule has 0 aromatic heterocycles. The highest BCUT2D eigenvalue weighted by molar-refractivity contribution is 7.43. The van der Waals surface area contributed by atoms with E-state index in [0.717, 1.165) is 38.9 Å². The lowest BCUT2D eigenvalue weighted by atomic mass is 10.2. The fourth-order valence-corrected chi connectivity index (χ4v) is 15.1. The third kappa shape index (κ3) is 41.5. The van der Waals surface area contributed by atoms with Gasteiger partial charge in [0.15, 0.2) is 0 Å². The van der Waals surface area contributed by atoms with Gasteiger partial charge in [0, 0.05) is 19.3 Å². The van der Waals surface area contributed by atoms with Crippen LogP contribution < -0.4 is 0 Å². The van der Waals surface area contributed by atoms with E-state index in [-0.39, 0.29) is 80.7 Å². The Labute approximate surface area is 499 Å². The Balaban J connectivity index is 0.000000903. The predicted molar refractivity (Wildman–Crippen MR) is 324 cm³/mol. The van der Waals surface area contributed by atoms with Crippen LogP contribution in [-0.2, 0) is 109 Å². The van der Waals surface area contributed by atoms with Crippen molar-refractivity contribution < 1.29 is 109 Å². The summed E-state index contributed by atoms with van der Waals surface area (Å²) in [7, 11) is -8.14. The van der Waals surface area contributed by atoms with Crippen LogP contribution in [0, 0.1) is 0 Å². The molecule has 12 atom stereocenters. The minimum Gasteiger partial charge on any atom is -0.313 e. The highest BCUT2D eigenvalue weighted by atomic mass is 31.2. The largest absolute Gasteiger partial charge is 0.333 e. The molecule has 488 valence electrons. The molecule has 8 aliphatic rings. The van der Waals surface area contributed by atoms with Crippen molar-refractivity contribution in [2.45, 2.75) is 245 Å². The van der Waals surface area contributed by atoms with Gasteiger partial charge in [0.2, 0.25) is 0 Å². The summed E-state index contributed by atoms with van der Waals surface area (Å²) in [5, 5.41) is 0. The topological polar surface area (TPSA) is 222 Å². The maximum atomic E-state index is 5.42. The molecular formula is C49H108O24P8. The summed E-state index contributed by atoms with van der Waals surface area (Å²) in [6.45, 7) is 48.0. The summed E-state index contributed by atoms with van der Waals surface area (Å²) in [4.78, 5) is 0. The van der Waals surface area contributed by atoms with Crippen LogP contribution in [0.3, 0.4) is 0 Å². The third-order valence-corrected chi connectivity index (χ3v) is 21.7. The van der Waals surface area contributed by atoms with Gasteiger partial charge in [-0.3, -0.25) is 0 Å². The van der Waals surface area contributed by atoms with Crippen LogP contribution in [0.2, 0.25) is 0 Å². The quantitative estimate of drug-likeness (QED) is 0.131. The summed E-state index contributed by atoms with van der Waals surface area (Å²) in [5.74, 6) is 0. The van der Waals surface area contributed by atoms with Gasteiger partial charge >= 0.3 is 68.8 Å². The Morgan fingerprint density at radius 2 is 0.407 bits per heavy atom. The van der Waals surface area contributed by atoms with Gasteiger partial charge in [0.25, 0.3) is 0 Å². The lowest BCUT2D eigenvalue weighted by Crippen LogP contribution is -2.22. The van der Waals surface area contributed by atoms with Crippen molar-refractivity contribution in [1.82, 2.24) is 0 Å². The molecule has 0 radical (unpaired) electrons. The summed E-state index contributed by atoms with van der Waals surface area (Å²) in [5.41, 5.74) is 0. The van der Waals surface area contributed by atoms with E-state index < -0.39 is 68.8 Å². The fraction of sp³-hybridized carbons (Fsp3) is 1.00. The number of hydrogen-bond donors (Lipinski definition) is 0. The van der Waals surface area contributed by atoms with Crippen molar-refractivity contribution in [3.63, 3.8) is 0 Å². The van der Waals surface area contributed by atoms with Crippen LogP contribution in [0.15, 0.2) is 0 Å². The van der Waals surface area contributed by atoms with Crippen LogP contribution in [0.1, 0.15) is 172 Å². The number of hydrogen-bond acceptors (Lipinski definition) is 24. The molecule has 0 amide bonds. The molecule has 8 rings (SSSR count). The molecule has 8 heterocycles. The van der Waals surface area contributed by atoms with Crippen LogP contribution in [0.25, 0.3) is 0 Å². The minimum atomic E-state index is -1.05. The second-order valence-corrected chi connectivity index (χ2v) is 27.1. The molecule has 32 heteroatoms. The van der Waals surface area contributed by atoms with Gasteiger partial charge in [-0.15, -0.1) is 0 Å². The van der Waals surface area contributed by atoms with Crippen molar-refractivity contribution in [3.05, 3.63) is 0 Å². The van der Waals surface area contributed by atoms with E-state index in [1.165, 1.54) is 0 Å². The van der Waals surface area contributed by atoms with Gasteiger partial charge in [-0.05, 0) is 145 Å². The molecule has 0 spiro atoms. The van der Waals surface area contributed by atoms with Gasteiger partial charge in [0.1, 0.15) is 0 Å². The second kappa shape index (κ2) is 52.1. The minimum absolute atomic E-state index is 0. The first kappa shape index (κ1) is 83.5. The molecule has 0 saturated carbocycles. The molecule has 8 aliphatic heterocycles. The molecule has 0 N–H and O–H groups in total. The third-order valence-electron chi connectivity index (χ3n) is 10.1. The predicted octanol–water partition coefficient (Wildman–Crippen LogP) is 17.2. The molecule has 0 bridgehead atoms. The van der Waals surface area contributed by atoms with Gasteiger partial charge in [0.05, 0.1) is 153 Å². The average Bonchev–Trinajstić information content (AvgIpc) is 4.18. The van der Waals surface area contributed by atoms with Crippen molar-refractivity contribution >= 4 is 68.8 Å². The first-order valence-electron chi connectivity index (χ1n) is 28.2. The summed E-state index contributed by atoms with van der Waals surface area (Å²) < 4.78 is 126. The highest BCUT2D eigenvalue weighted by Crippen LogP contribution is 2.52. The Morgan fingerprint density at radius 3 is 0.593 bits per heavy atom. The molecule has 8 fully saturated rings. The zero-order chi connectivity index (χ0) is 59.8. The first-order valence-corrected chi connectivity index (χ1v) is 37.0. The molecule has 4 unspecified atom stereocenters. The molecule has 24 nitrogen and oxygen atoms in total. The smallest absolute Gasteiger partial charge is 0.313 e. The van der Waals surface area contributed by atoms with E-state index in [1.807, 2.05) is 138 Å². The van der Waals surface area contributed by atoms with E-state index in [4.69, 9.17) is 109 Å². The summed E-state index contributed by atoms with van der Waals surface area (Å²) >= 11 is 0. The normalized spacial score (nSPS) is 34.2.